The number of nitrogens with zero attached hydrogens (tertiary/aromatic N) is 5. The van der Waals surface area contributed by atoms with Crippen molar-refractivity contribution < 1.29 is 0 Å². The first-order valence-corrected chi connectivity index (χ1v) is 5.70. The highest BCUT2D eigenvalue weighted by Crippen LogP contribution is 2.20. The van der Waals surface area contributed by atoms with Crippen molar-refractivity contribution in [2.45, 2.75) is 5.88 Å². The lowest BCUT2D eigenvalue weighted by Crippen LogP contribution is -1.99. The number of rotatable bonds is 2. The maximum Gasteiger partial charge on any atom is 0.164 e. The van der Waals surface area contributed by atoms with Crippen molar-refractivity contribution in [2.75, 3.05) is 0 Å². The third-order valence-electron chi connectivity index (χ3n) is 2.55. The molecule has 86 valence electrons. The highest BCUT2D eigenvalue weighted by molar-refractivity contribution is 6.16. The number of hydrogen-bond donors (Lipinski definition) is 0. The first-order chi connectivity index (χ1) is 8.29. The van der Waals surface area contributed by atoms with Gasteiger partial charge in [-0.05, 0) is 12.1 Å². The zero-order valence-electron chi connectivity index (χ0n) is 9.21. The standard InChI is InChI=1S/C11H10ClN5/c1-16-7-8(6-14-16)17-10(5-12)15-9-3-2-4-13-11(9)17/h2-4,6-7H,5H2,1H3. The van der Waals surface area contributed by atoms with E-state index < -0.39 is 0 Å². The first-order valence-electron chi connectivity index (χ1n) is 5.17. The normalized spacial score (nSPS) is 11.2. The summed E-state index contributed by atoms with van der Waals surface area (Å²) in [5.41, 5.74) is 2.56. The molecule has 5 nitrogen and oxygen atoms in total. The van der Waals surface area contributed by atoms with Gasteiger partial charge in [0.25, 0.3) is 0 Å². The molecular weight excluding hydrogens is 238 g/mol. The van der Waals surface area contributed by atoms with Gasteiger partial charge < -0.3 is 0 Å². The van der Waals surface area contributed by atoms with Crippen LogP contribution in [0.4, 0.5) is 0 Å². The fourth-order valence-electron chi connectivity index (χ4n) is 1.84. The topological polar surface area (TPSA) is 48.5 Å². The molecule has 0 aliphatic heterocycles. The van der Waals surface area contributed by atoms with Crippen LogP contribution < -0.4 is 0 Å². The summed E-state index contributed by atoms with van der Waals surface area (Å²) in [5.74, 6) is 1.11. The van der Waals surface area contributed by atoms with Gasteiger partial charge >= 0.3 is 0 Å². The molecule has 0 aromatic carbocycles. The van der Waals surface area contributed by atoms with Crippen LogP contribution in [0.5, 0.6) is 0 Å². The third-order valence-corrected chi connectivity index (χ3v) is 2.79. The Morgan fingerprint density at radius 1 is 1.41 bits per heavy atom. The maximum absolute atomic E-state index is 5.92. The average molecular weight is 248 g/mol. The Labute approximate surface area is 103 Å². The summed E-state index contributed by atoms with van der Waals surface area (Å²) in [6.45, 7) is 0. The highest BCUT2D eigenvalue weighted by Gasteiger charge is 2.13. The zero-order chi connectivity index (χ0) is 11.8. The lowest BCUT2D eigenvalue weighted by molar-refractivity contribution is 0.767. The van der Waals surface area contributed by atoms with E-state index in [0.29, 0.717) is 5.88 Å². The molecule has 6 heteroatoms. The average Bonchev–Trinajstić information content (AvgIpc) is 2.91. The predicted octanol–water partition coefficient (Wildman–Crippen LogP) is 1.89. The molecule has 0 saturated carbocycles. The summed E-state index contributed by atoms with van der Waals surface area (Å²) in [6, 6.07) is 3.78. The van der Waals surface area contributed by atoms with E-state index in [1.807, 2.05) is 29.9 Å². The highest BCUT2D eigenvalue weighted by atomic mass is 35.5. The first kappa shape index (κ1) is 10.3. The summed E-state index contributed by atoms with van der Waals surface area (Å²) in [5, 5.41) is 4.15. The zero-order valence-corrected chi connectivity index (χ0v) is 9.96. The molecule has 0 bridgehead atoms. The molecule has 0 atom stereocenters. The lowest BCUT2D eigenvalue weighted by Gasteiger charge is -2.02. The van der Waals surface area contributed by atoms with E-state index in [2.05, 4.69) is 15.1 Å². The van der Waals surface area contributed by atoms with Gasteiger partial charge in [-0.15, -0.1) is 11.6 Å². The minimum atomic E-state index is 0.339. The molecule has 3 aromatic heterocycles. The quantitative estimate of drug-likeness (QED) is 0.650. The summed E-state index contributed by atoms with van der Waals surface area (Å²) >= 11 is 5.92. The molecule has 0 N–H and O–H groups in total. The van der Waals surface area contributed by atoms with E-state index in [0.717, 1.165) is 22.7 Å². The molecular formula is C11H10ClN5. The van der Waals surface area contributed by atoms with Gasteiger partial charge in [-0.3, -0.25) is 9.25 Å². The van der Waals surface area contributed by atoms with E-state index in [4.69, 9.17) is 11.6 Å². The van der Waals surface area contributed by atoms with Gasteiger partial charge in [-0.2, -0.15) is 5.10 Å². The van der Waals surface area contributed by atoms with E-state index in [-0.39, 0.29) is 0 Å². The molecule has 0 spiro atoms. The Bertz CT molecular complexity index is 669. The minimum absolute atomic E-state index is 0.339. The molecule has 17 heavy (non-hydrogen) atoms. The number of halogens is 1. The number of aryl methyl sites for hydroxylation is 1. The van der Waals surface area contributed by atoms with Crippen LogP contribution in [0.25, 0.3) is 16.9 Å². The van der Waals surface area contributed by atoms with Gasteiger partial charge in [0.05, 0.1) is 17.8 Å². The summed E-state index contributed by atoms with van der Waals surface area (Å²) in [4.78, 5) is 8.79. The number of aromatic nitrogens is 5. The van der Waals surface area contributed by atoms with Crippen LogP contribution in [0.15, 0.2) is 30.7 Å². The van der Waals surface area contributed by atoms with Gasteiger partial charge in [0.2, 0.25) is 0 Å². The van der Waals surface area contributed by atoms with Crippen LogP contribution in [0, 0.1) is 0 Å². The third kappa shape index (κ3) is 1.59. The predicted molar refractivity (Wildman–Crippen MR) is 65.2 cm³/mol. The Hall–Kier alpha value is -1.88. The Morgan fingerprint density at radius 3 is 3.00 bits per heavy atom. The van der Waals surface area contributed by atoms with Crippen molar-refractivity contribution in [2.24, 2.45) is 7.05 Å². The molecule has 3 heterocycles. The Balaban J connectivity index is 2.33. The van der Waals surface area contributed by atoms with Crippen molar-refractivity contribution in [3.63, 3.8) is 0 Å². The van der Waals surface area contributed by atoms with Crippen molar-refractivity contribution in [1.29, 1.82) is 0 Å². The summed E-state index contributed by atoms with van der Waals surface area (Å²) in [6.07, 6.45) is 5.42. The van der Waals surface area contributed by atoms with Gasteiger partial charge in [-0.1, -0.05) is 0 Å². The van der Waals surface area contributed by atoms with Gasteiger partial charge in [0.15, 0.2) is 5.65 Å². The van der Waals surface area contributed by atoms with Gasteiger partial charge in [-0.25, -0.2) is 9.97 Å². The van der Waals surface area contributed by atoms with Crippen molar-refractivity contribution in [1.82, 2.24) is 24.3 Å². The smallest absolute Gasteiger partial charge is 0.164 e. The fourth-order valence-corrected chi connectivity index (χ4v) is 2.02. The van der Waals surface area contributed by atoms with E-state index in [9.17, 15) is 0 Å². The van der Waals surface area contributed by atoms with E-state index >= 15 is 0 Å². The lowest BCUT2D eigenvalue weighted by atomic mass is 10.4. The van der Waals surface area contributed by atoms with E-state index in [1.54, 1.807) is 17.1 Å². The van der Waals surface area contributed by atoms with Crippen LogP contribution in [0.2, 0.25) is 0 Å². The molecule has 0 amide bonds. The van der Waals surface area contributed by atoms with E-state index in [1.165, 1.54) is 0 Å². The van der Waals surface area contributed by atoms with Crippen LogP contribution in [0.3, 0.4) is 0 Å². The SMILES string of the molecule is Cn1cc(-n2c(CCl)nc3cccnc32)cn1. The van der Waals surface area contributed by atoms with Crippen molar-refractivity contribution >= 4 is 22.8 Å². The second kappa shape index (κ2) is 3.85. The van der Waals surface area contributed by atoms with Crippen LogP contribution >= 0.6 is 11.6 Å². The molecule has 0 fully saturated rings. The second-order valence-corrected chi connectivity index (χ2v) is 3.98. The Kier molecular flexibility index (Phi) is 2.33. The molecule has 3 aromatic rings. The molecule has 0 aliphatic carbocycles. The molecule has 3 rings (SSSR count). The minimum Gasteiger partial charge on any atom is -0.276 e. The fraction of sp³-hybridized carbons (Fsp3) is 0.182. The number of pyridine rings is 1. The largest absolute Gasteiger partial charge is 0.276 e. The van der Waals surface area contributed by atoms with Gasteiger partial charge in [0, 0.05) is 19.4 Å². The molecule has 0 unspecified atom stereocenters. The molecule has 0 radical (unpaired) electrons. The summed E-state index contributed by atoms with van der Waals surface area (Å²) in [7, 11) is 1.87. The number of hydrogen-bond acceptors (Lipinski definition) is 3. The summed E-state index contributed by atoms with van der Waals surface area (Å²) < 4.78 is 3.66. The monoisotopic (exact) mass is 247 g/mol. The van der Waals surface area contributed by atoms with Crippen LogP contribution in [0.1, 0.15) is 5.82 Å². The van der Waals surface area contributed by atoms with Crippen molar-refractivity contribution in [3.8, 4) is 5.69 Å². The number of alkyl halides is 1. The molecule has 0 aliphatic rings. The van der Waals surface area contributed by atoms with Crippen LogP contribution in [-0.2, 0) is 12.9 Å². The van der Waals surface area contributed by atoms with Gasteiger partial charge in [0.1, 0.15) is 11.3 Å². The molecule has 0 saturated heterocycles. The van der Waals surface area contributed by atoms with Crippen molar-refractivity contribution in [3.05, 3.63) is 36.5 Å². The second-order valence-electron chi connectivity index (χ2n) is 3.72. The Morgan fingerprint density at radius 2 is 2.29 bits per heavy atom. The van der Waals surface area contributed by atoms with Crippen LogP contribution in [-0.4, -0.2) is 24.3 Å². The number of imidazole rings is 1. The number of fused-ring (bicyclic) bond motifs is 1. The maximum atomic E-state index is 5.92.